The first-order valence-electron chi connectivity index (χ1n) is 9.65. The minimum atomic E-state index is -1.91. The summed E-state index contributed by atoms with van der Waals surface area (Å²) in [5.41, 5.74) is 3.80. The van der Waals surface area contributed by atoms with Gasteiger partial charge in [-0.25, -0.2) is 0 Å². The van der Waals surface area contributed by atoms with E-state index in [1.807, 2.05) is 6.08 Å². The number of carbonyl (C=O) groups is 1. The van der Waals surface area contributed by atoms with Crippen LogP contribution in [0, 0.1) is 5.92 Å². The normalized spacial score (nSPS) is 23.6. The van der Waals surface area contributed by atoms with Crippen LogP contribution in [-0.2, 0) is 15.8 Å². The van der Waals surface area contributed by atoms with E-state index < -0.39 is 8.32 Å². The highest BCUT2D eigenvalue weighted by Gasteiger charge is 2.42. The number of fused-ring (bicyclic) bond motifs is 4. The molecule has 0 spiro atoms. The van der Waals surface area contributed by atoms with Gasteiger partial charge in [0.2, 0.25) is 0 Å². The van der Waals surface area contributed by atoms with E-state index in [1.54, 1.807) is 0 Å². The molecule has 0 bridgehead atoms. The number of aromatic nitrogens is 1. The van der Waals surface area contributed by atoms with E-state index in [4.69, 9.17) is 4.43 Å². The van der Waals surface area contributed by atoms with Crippen LogP contribution in [0.2, 0.25) is 18.1 Å². The van der Waals surface area contributed by atoms with Gasteiger partial charge in [0.15, 0.2) is 14.1 Å². The maximum atomic E-state index is 12.1. The molecule has 0 amide bonds. The van der Waals surface area contributed by atoms with Crippen molar-refractivity contribution in [2.45, 2.75) is 64.4 Å². The largest absolute Gasteiger partial charge is 0.408 e. The number of rotatable bonds is 2. The Labute approximate surface area is 157 Å². The van der Waals surface area contributed by atoms with Gasteiger partial charge >= 0.3 is 0 Å². The highest BCUT2D eigenvalue weighted by atomic mass is 28.4. The second-order valence-corrected chi connectivity index (χ2v) is 14.2. The molecule has 0 saturated carbocycles. The van der Waals surface area contributed by atoms with Gasteiger partial charge in [-0.05, 0) is 59.6 Å². The Bertz CT molecular complexity index is 900. The topological polar surface area (TPSA) is 31.2 Å². The molecule has 0 radical (unpaired) electrons. The number of benzene rings is 1. The van der Waals surface area contributed by atoms with Crippen LogP contribution < -0.4 is 0 Å². The van der Waals surface area contributed by atoms with Crippen molar-refractivity contribution >= 4 is 25.0 Å². The third-order valence-corrected chi connectivity index (χ3v) is 11.1. The van der Waals surface area contributed by atoms with Gasteiger partial charge in [-0.3, -0.25) is 4.79 Å². The SMILES string of the molecule is CC(C)(C)[Si](C)(C)OC1CC2CC(=O)C=C2Cn2c1cc1ccccc12. The second kappa shape index (κ2) is 5.93. The zero-order chi connectivity index (χ0) is 18.7. The number of hydrogen-bond acceptors (Lipinski definition) is 2. The smallest absolute Gasteiger partial charge is 0.192 e. The van der Waals surface area contributed by atoms with Crippen LogP contribution >= 0.6 is 0 Å². The number of ketones is 1. The van der Waals surface area contributed by atoms with Crippen LogP contribution in [-0.4, -0.2) is 18.7 Å². The standard InChI is InChI=1S/C22H29NO2Si/c1-22(2,3)26(4,5)25-21-13-16-10-18(24)11-17(16)14-23-19-9-7-6-8-15(19)12-20(21)23/h6-9,11-12,16,21H,10,13-14H2,1-5H3. The van der Waals surface area contributed by atoms with Crippen LogP contribution in [0.25, 0.3) is 10.9 Å². The van der Waals surface area contributed by atoms with Crippen LogP contribution in [0.3, 0.4) is 0 Å². The van der Waals surface area contributed by atoms with Crippen molar-refractivity contribution in [3.05, 3.63) is 47.7 Å². The van der Waals surface area contributed by atoms with Crippen LogP contribution in [0.15, 0.2) is 42.0 Å². The van der Waals surface area contributed by atoms with Crippen molar-refractivity contribution in [1.82, 2.24) is 4.57 Å². The van der Waals surface area contributed by atoms with Crippen molar-refractivity contribution < 1.29 is 9.22 Å². The molecule has 0 saturated heterocycles. The molecule has 4 heteroatoms. The summed E-state index contributed by atoms with van der Waals surface area (Å²) in [4.78, 5) is 12.1. The quantitative estimate of drug-likeness (QED) is 0.645. The molecule has 2 aromatic rings. The minimum absolute atomic E-state index is 0.0603. The summed E-state index contributed by atoms with van der Waals surface area (Å²) in [5, 5.41) is 1.43. The van der Waals surface area contributed by atoms with Crippen molar-refractivity contribution in [1.29, 1.82) is 0 Å². The second-order valence-electron chi connectivity index (χ2n) is 9.40. The summed E-state index contributed by atoms with van der Waals surface area (Å²) in [6, 6.07) is 10.8. The fourth-order valence-electron chi connectivity index (χ4n) is 4.04. The summed E-state index contributed by atoms with van der Waals surface area (Å²) >= 11 is 0. The molecular weight excluding hydrogens is 338 g/mol. The predicted molar refractivity (Wildman–Crippen MR) is 109 cm³/mol. The molecule has 1 aliphatic heterocycles. The van der Waals surface area contributed by atoms with E-state index in [2.05, 4.69) is 68.8 Å². The Morgan fingerprint density at radius 3 is 2.65 bits per heavy atom. The molecule has 1 aliphatic carbocycles. The van der Waals surface area contributed by atoms with E-state index in [-0.39, 0.29) is 16.9 Å². The molecule has 1 aromatic heterocycles. The average molecular weight is 368 g/mol. The van der Waals surface area contributed by atoms with E-state index in [9.17, 15) is 4.79 Å². The summed E-state index contributed by atoms with van der Waals surface area (Å²) in [6.07, 6.45) is 3.51. The Morgan fingerprint density at radius 1 is 1.19 bits per heavy atom. The van der Waals surface area contributed by atoms with Gasteiger partial charge in [-0.15, -0.1) is 0 Å². The highest BCUT2D eigenvalue weighted by Crippen LogP contribution is 2.46. The minimum Gasteiger partial charge on any atom is -0.408 e. The highest BCUT2D eigenvalue weighted by molar-refractivity contribution is 6.74. The maximum Gasteiger partial charge on any atom is 0.192 e. The van der Waals surface area contributed by atoms with E-state index in [0.717, 1.165) is 13.0 Å². The molecule has 3 nitrogen and oxygen atoms in total. The third-order valence-electron chi connectivity index (χ3n) is 6.57. The molecule has 0 N–H and O–H groups in total. The van der Waals surface area contributed by atoms with Crippen LogP contribution in [0.1, 0.15) is 45.4 Å². The Kier molecular flexibility index (Phi) is 4.05. The van der Waals surface area contributed by atoms with E-state index in [1.165, 1.54) is 22.2 Å². The fourth-order valence-corrected chi connectivity index (χ4v) is 5.33. The van der Waals surface area contributed by atoms with Crippen molar-refractivity contribution in [3.63, 3.8) is 0 Å². The first kappa shape index (κ1) is 17.7. The average Bonchev–Trinajstić information content (AvgIpc) is 3.03. The molecule has 26 heavy (non-hydrogen) atoms. The van der Waals surface area contributed by atoms with Gasteiger partial charge in [0.05, 0.1) is 6.10 Å². The Morgan fingerprint density at radius 2 is 1.92 bits per heavy atom. The molecule has 1 aromatic carbocycles. The Balaban J connectivity index is 1.82. The predicted octanol–water partition coefficient (Wildman–Crippen LogP) is 5.62. The molecule has 0 fully saturated rings. The van der Waals surface area contributed by atoms with Gasteiger partial charge in [0.25, 0.3) is 0 Å². The van der Waals surface area contributed by atoms with E-state index in [0.29, 0.717) is 12.3 Å². The summed E-state index contributed by atoms with van der Waals surface area (Å²) < 4.78 is 9.29. The number of carbonyl (C=O) groups excluding carboxylic acids is 1. The molecule has 2 atom stereocenters. The number of nitrogens with zero attached hydrogens (tertiary/aromatic N) is 1. The third kappa shape index (κ3) is 2.89. The maximum absolute atomic E-state index is 12.1. The monoisotopic (exact) mass is 367 g/mol. The number of para-hydroxylation sites is 1. The zero-order valence-electron chi connectivity index (χ0n) is 16.5. The Hall–Kier alpha value is -1.65. The fraction of sp³-hybridized carbons (Fsp3) is 0.500. The molecule has 2 heterocycles. The van der Waals surface area contributed by atoms with Gasteiger partial charge < -0.3 is 8.99 Å². The lowest BCUT2D eigenvalue weighted by Gasteiger charge is -2.39. The molecule has 138 valence electrons. The molecule has 4 rings (SSSR count). The summed E-state index contributed by atoms with van der Waals surface area (Å²) in [7, 11) is -1.91. The van der Waals surface area contributed by atoms with Gasteiger partial charge in [-0.2, -0.15) is 0 Å². The first-order valence-corrected chi connectivity index (χ1v) is 12.6. The number of hydrogen-bond donors (Lipinski definition) is 0. The first-order chi connectivity index (χ1) is 12.2. The lowest BCUT2D eigenvalue weighted by atomic mass is 9.95. The molecule has 2 unspecified atom stereocenters. The van der Waals surface area contributed by atoms with Gasteiger partial charge in [0.1, 0.15) is 0 Å². The molecule has 2 aliphatic rings. The van der Waals surface area contributed by atoms with E-state index >= 15 is 0 Å². The van der Waals surface area contributed by atoms with Crippen LogP contribution in [0.5, 0.6) is 0 Å². The van der Waals surface area contributed by atoms with Crippen molar-refractivity contribution in [2.75, 3.05) is 0 Å². The molecular formula is C22H29NO2Si. The lowest BCUT2D eigenvalue weighted by Crippen LogP contribution is -2.42. The van der Waals surface area contributed by atoms with Gasteiger partial charge in [-0.1, -0.05) is 39.0 Å². The summed E-state index contributed by atoms with van der Waals surface area (Å²) in [6.45, 7) is 12.3. The zero-order valence-corrected chi connectivity index (χ0v) is 17.5. The summed E-state index contributed by atoms with van der Waals surface area (Å²) in [5.74, 6) is 0.604. The number of allylic oxidation sites excluding steroid dienone is 2. The lowest BCUT2D eigenvalue weighted by molar-refractivity contribution is -0.114. The van der Waals surface area contributed by atoms with Crippen molar-refractivity contribution in [3.8, 4) is 0 Å². The van der Waals surface area contributed by atoms with Gasteiger partial charge in [0, 0.05) is 24.2 Å². The van der Waals surface area contributed by atoms with Crippen LogP contribution in [0.4, 0.5) is 0 Å². The van der Waals surface area contributed by atoms with Crippen molar-refractivity contribution in [2.24, 2.45) is 5.92 Å².